The molecule has 1 fully saturated rings. The van der Waals surface area contributed by atoms with Crippen molar-refractivity contribution in [2.75, 3.05) is 11.4 Å². The molecule has 2 rings (SSSR count). The molecule has 0 radical (unpaired) electrons. The number of benzene rings is 1. The third-order valence-electron chi connectivity index (χ3n) is 4.48. The molecule has 6 nitrogen and oxygen atoms in total. The summed E-state index contributed by atoms with van der Waals surface area (Å²) >= 11 is 5.85. The molecule has 1 heterocycles. The topological polar surface area (TPSA) is 92.5 Å². The molecule has 0 aromatic heterocycles. The molecule has 3 atom stereocenters. The Morgan fingerprint density at radius 1 is 1.38 bits per heavy atom. The fraction of sp³-hybridized carbons (Fsp3) is 0.471. The van der Waals surface area contributed by atoms with Gasteiger partial charge >= 0.3 is 0 Å². The number of primary amides is 1. The zero-order valence-electron chi connectivity index (χ0n) is 13.8. The van der Waals surface area contributed by atoms with Gasteiger partial charge in [-0.25, -0.2) is 0 Å². The molecule has 0 aliphatic carbocycles. The van der Waals surface area contributed by atoms with Gasteiger partial charge in [0.15, 0.2) is 0 Å². The molecule has 7 heteroatoms. The van der Waals surface area contributed by atoms with Gasteiger partial charge in [0.25, 0.3) is 0 Å². The highest BCUT2D eigenvalue weighted by Crippen LogP contribution is 2.26. The molecule has 3 amide bonds. The van der Waals surface area contributed by atoms with Gasteiger partial charge in [0, 0.05) is 17.3 Å². The minimum absolute atomic E-state index is 0.0877. The Morgan fingerprint density at radius 3 is 2.54 bits per heavy atom. The Morgan fingerprint density at radius 2 is 2.00 bits per heavy atom. The van der Waals surface area contributed by atoms with Gasteiger partial charge < -0.3 is 16.0 Å². The summed E-state index contributed by atoms with van der Waals surface area (Å²) in [5.74, 6) is -2.19. The van der Waals surface area contributed by atoms with E-state index in [-0.39, 0.29) is 11.8 Å². The van der Waals surface area contributed by atoms with E-state index in [2.05, 4.69) is 5.32 Å². The largest absolute Gasteiger partial charge is 0.368 e. The summed E-state index contributed by atoms with van der Waals surface area (Å²) in [6.45, 7) is 4.20. The first-order valence-electron chi connectivity index (χ1n) is 8.01. The van der Waals surface area contributed by atoms with E-state index in [1.807, 2.05) is 13.8 Å². The van der Waals surface area contributed by atoms with E-state index < -0.39 is 23.8 Å². The molecule has 0 saturated carbocycles. The number of halogens is 1. The SMILES string of the molecule is CCC(C)C(NC(=O)C1CCN(c2ccc(Cl)cc2)C1=O)C(N)=O. The Balaban J connectivity index is 2.07. The summed E-state index contributed by atoms with van der Waals surface area (Å²) in [7, 11) is 0. The van der Waals surface area contributed by atoms with Gasteiger partial charge in [0.1, 0.15) is 12.0 Å². The van der Waals surface area contributed by atoms with Gasteiger partial charge in [-0.2, -0.15) is 0 Å². The lowest BCUT2D eigenvalue weighted by Crippen LogP contribution is -2.51. The number of anilines is 1. The van der Waals surface area contributed by atoms with Crippen molar-refractivity contribution in [1.29, 1.82) is 0 Å². The van der Waals surface area contributed by atoms with Crippen molar-refractivity contribution < 1.29 is 14.4 Å². The second-order valence-corrected chi connectivity index (χ2v) is 6.52. The second-order valence-electron chi connectivity index (χ2n) is 6.08. The van der Waals surface area contributed by atoms with Crippen LogP contribution in [0.1, 0.15) is 26.7 Å². The summed E-state index contributed by atoms with van der Waals surface area (Å²) in [5, 5.41) is 3.22. The van der Waals surface area contributed by atoms with Gasteiger partial charge in [-0.05, 0) is 36.6 Å². The smallest absolute Gasteiger partial charge is 0.240 e. The van der Waals surface area contributed by atoms with Crippen LogP contribution >= 0.6 is 11.6 Å². The number of nitrogens with zero attached hydrogens (tertiary/aromatic N) is 1. The van der Waals surface area contributed by atoms with E-state index in [1.165, 1.54) is 0 Å². The number of nitrogens with two attached hydrogens (primary N) is 1. The van der Waals surface area contributed by atoms with Gasteiger partial charge in [-0.3, -0.25) is 14.4 Å². The number of hydrogen-bond acceptors (Lipinski definition) is 3. The molecule has 3 N–H and O–H groups in total. The molecule has 1 aliphatic heterocycles. The average Bonchev–Trinajstić information content (AvgIpc) is 2.94. The van der Waals surface area contributed by atoms with Crippen molar-refractivity contribution in [3.8, 4) is 0 Å². The maximum absolute atomic E-state index is 12.5. The third-order valence-corrected chi connectivity index (χ3v) is 4.73. The Hall–Kier alpha value is -2.08. The van der Waals surface area contributed by atoms with E-state index in [1.54, 1.807) is 29.2 Å². The summed E-state index contributed by atoms with van der Waals surface area (Å²) in [6, 6.07) is 6.12. The maximum Gasteiger partial charge on any atom is 0.240 e. The fourth-order valence-corrected chi connectivity index (χ4v) is 2.91. The number of carbonyl (C=O) groups excluding carboxylic acids is 3. The molecular weight excluding hydrogens is 330 g/mol. The summed E-state index contributed by atoms with van der Waals surface area (Å²) < 4.78 is 0. The maximum atomic E-state index is 12.5. The average molecular weight is 352 g/mol. The lowest BCUT2D eigenvalue weighted by atomic mass is 9.97. The monoisotopic (exact) mass is 351 g/mol. The van der Waals surface area contributed by atoms with Crippen LogP contribution in [0.4, 0.5) is 5.69 Å². The first-order chi connectivity index (χ1) is 11.3. The Labute approximate surface area is 146 Å². The normalized spacial score (nSPS) is 19.9. The van der Waals surface area contributed by atoms with Crippen LogP contribution in [0.5, 0.6) is 0 Å². The van der Waals surface area contributed by atoms with Crippen molar-refractivity contribution in [3.63, 3.8) is 0 Å². The first-order valence-corrected chi connectivity index (χ1v) is 8.39. The van der Waals surface area contributed by atoms with Crippen LogP contribution in [0, 0.1) is 11.8 Å². The van der Waals surface area contributed by atoms with E-state index >= 15 is 0 Å². The molecule has 130 valence electrons. The highest BCUT2D eigenvalue weighted by molar-refractivity contribution is 6.30. The molecule has 1 aromatic carbocycles. The lowest BCUT2D eigenvalue weighted by Gasteiger charge is -2.23. The number of hydrogen-bond donors (Lipinski definition) is 2. The Bertz CT molecular complexity index is 632. The van der Waals surface area contributed by atoms with Crippen LogP contribution in [0.15, 0.2) is 24.3 Å². The number of rotatable bonds is 6. The number of amides is 3. The lowest BCUT2D eigenvalue weighted by molar-refractivity contribution is -0.135. The van der Waals surface area contributed by atoms with Gasteiger partial charge in [-0.15, -0.1) is 0 Å². The van der Waals surface area contributed by atoms with E-state index in [0.29, 0.717) is 30.1 Å². The molecule has 0 bridgehead atoms. The zero-order valence-corrected chi connectivity index (χ0v) is 14.5. The first kappa shape index (κ1) is 18.3. The van der Waals surface area contributed by atoms with Crippen molar-refractivity contribution >= 4 is 35.0 Å². The molecule has 1 aliphatic rings. The third kappa shape index (κ3) is 3.87. The molecule has 1 aromatic rings. The van der Waals surface area contributed by atoms with Crippen molar-refractivity contribution in [3.05, 3.63) is 29.3 Å². The van der Waals surface area contributed by atoms with Crippen LogP contribution in [-0.4, -0.2) is 30.3 Å². The van der Waals surface area contributed by atoms with Crippen LogP contribution < -0.4 is 16.0 Å². The van der Waals surface area contributed by atoms with Crippen LogP contribution in [0.25, 0.3) is 0 Å². The van der Waals surface area contributed by atoms with Crippen molar-refractivity contribution in [2.45, 2.75) is 32.7 Å². The van der Waals surface area contributed by atoms with E-state index in [9.17, 15) is 14.4 Å². The fourth-order valence-electron chi connectivity index (χ4n) is 2.78. The van der Waals surface area contributed by atoms with E-state index in [0.717, 1.165) is 0 Å². The highest BCUT2D eigenvalue weighted by Gasteiger charge is 2.39. The predicted octanol–water partition coefficient (Wildman–Crippen LogP) is 1.71. The highest BCUT2D eigenvalue weighted by atomic mass is 35.5. The number of nitrogens with one attached hydrogen (secondary N) is 1. The molecule has 3 unspecified atom stereocenters. The minimum atomic E-state index is -0.799. The van der Waals surface area contributed by atoms with Gasteiger partial charge in [0.05, 0.1) is 0 Å². The van der Waals surface area contributed by atoms with Crippen molar-refractivity contribution in [2.24, 2.45) is 17.6 Å². The molecule has 1 saturated heterocycles. The molecule has 24 heavy (non-hydrogen) atoms. The van der Waals surface area contributed by atoms with Crippen LogP contribution in [0.2, 0.25) is 5.02 Å². The summed E-state index contributed by atoms with van der Waals surface area (Å²) in [6.07, 6.45) is 1.10. The predicted molar refractivity (Wildman–Crippen MR) is 92.5 cm³/mol. The van der Waals surface area contributed by atoms with E-state index in [4.69, 9.17) is 17.3 Å². The van der Waals surface area contributed by atoms with Crippen LogP contribution in [0.3, 0.4) is 0 Å². The minimum Gasteiger partial charge on any atom is -0.368 e. The number of carbonyl (C=O) groups is 3. The standard InChI is InChI=1S/C17H22ClN3O3/c1-3-10(2)14(15(19)22)20-16(23)13-8-9-21(17(13)24)12-6-4-11(18)5-7-12/h4-7,10,13-14H,3,8-9H2,1-2H3,(H2,19,22)(H,20,23). The quantitative estimate of drug-likeness (QED) is 0.764. The summed E-state index contributed by atoms with van der Waals surface area (Å²) in [5.41, 5.74) is 6.07. The van der Waals surface area contributed by atoms with Crippen molar-refractivity contribution in [1.82, 2.24) is 5.32 Å². The van der Waals surface area contributed by atoms with Gasteiger partial charge in [-0.1, -0.05) is 31.9 Å². The van der Waals surface area contributed by atoms with Gasteiger partial charge in [0.2, 0.25) is 17.7 Å². The zero-order chi connectivity index (χ0) is 17.9. The van der Waals surface area contributed by atoms with Crippen LogP contribution in [-0.2, 0) is 14.4 Å². The Kier molecular flexibility index (Phi) is 5.83. The summed E-state index contributed by atoms with van der Waals surface area (Å²) in [4.78, 5) is 38.1. The molecule has 0 spiro atoms. The molecular formula is C17H22ClN3O3. The second kappa shape index (κ2) is 7.66.